The fraction of sp³-hybridized carbons (Fsp3) is 0.286. The zero-order valence-electron chi connectivity index (χ0n) is 24.0. The van der Waals surface area contributed by atoms with Gasteiger partial charge in [0, 0.05) is 24.2 Å². The third-order valence-corrected chi connectivity index (χ3v) is 7.61. The van der Waals surface area contributed by atoms with E-state index in [1.807, 2.05) is 89.8 Å². The maximum absolute atomic E-state index is 14.3. The van der Waals surface area contributed by atoms with Crippen molar-refractivity contribution in [2.45, 2.75) is 45.2 Å². The van der Waals surface area contributed by atoms with Gasteiger partial charge in [-0.05, 0) is 67.9 Å². The largest absolute Gasteiger partial charge is 0.489 e. The summed E-state index contributed by atoms with van der Waals surface area (Å²) in [5.74, 6) is 0.866. The molecule has 218 valence electrons. The first-order valence-electron chi connectivity index (χ1n) is 14.5. The van der Waals surface area contributed by atoms with Gasteiger partial charge in [0.15, 0.2) is 0 Å². The number of nitrogens with one attached hydrogen (secondary N) is 1. The van der Waals surface area contributed by atoms with Gasteiger partial charge in [-0.2, -0.15) is 0 Å². The van der Waals surface area contributed by atoms with Crippen LogP contribution in [0.15, 0.2) is 103 Å². The number of piperidine rings is 1. The van der Waals surface area contributed by atoms with Crippen molar-refractivity contribution in [1.82, 2.24) is 15.1 Å². The summed E-state index contributed by atoms with van der Waals surface area (Å²) in [6.45, 7) is 3.38. The Kier molecular flexibility index (Phi) is 10.1. The SMILES string of the molecule is CN1CCC(N(Cc2ccc(F)cc2OCc2ccccc2)C(=O)NCc2ccc(OCc3ccccc3)cc2)CC1. The van der Waals surface area contributed by atoms with Crippen LogP contribution in [-0.2, 0) is 26.3 Å². The standard InChI is InChI=1S/C35H38FN3O3/c1-38-20-18-32(19-21-38)39(24-30-14-15-31(36)22-34(30)42-26-29-10-6-3-7-11-29)35(40)37-23-27-12-16-33(17-13-27)41-25-28-8-4-2-5-9-28/h2-17,22,32H,18-21,23-26H2,1H3,(H,37,40). The fourth-order valence-corrected chi connectivity index (χ4v) is 5.11. The molecule has 0 unspecified atom stereocenters. The molecule has 1 aliphatic rings. The zero-order chi connectivity index (χ0) is 29.1. The number of ether oxygens (including phenoxy) is 2. The summed E-state index contributed by atoms with van der Waals surface area (Å²) in [5.41, 5.74) is 3.86. The normalized spacial score (nSPS) is 13.9. The van der Waals surface area contributed by atoms with Crippen LogP contribution < -0.4 is 14.8 Å². The van der Waals surface area contributed by atoms with Crippen LogP contribution in [0.1, 0.15) is 35.1 Å². The molecular formula is C35H38FN3O3. The number of rotatable bonds is 11. The second-order valence-electron chi connectivity index (χ2n) is 10.8. The lowest BCUT2D eigenvalue weighted by Crippen LogP contribution is -2.49. The third kappa shape index (κ3) is 8.33. The highest BCUT2D eigenvalue weighted by Crippen LogP contribution is 2.26. The number of carbonyl (C=O) groups is 1. The molecule has 2 amide bonds. The molecule has 0 radical (unpaired) electrons. The Bertz CT molecular complexity index is 1410. The Hall–Kier alpha value is -4.36. The number of hydrogen-bond donors (Lipinski definition) is 1. The van der Waals surface area contributed by atoms with Crippen molar-refractivity contribution in [2.75, 3.05) is 20.1 Å². The van der Waals surface area contributed by atoms with Crippen molar-refractivity contribution in [1.29, 1.82) is 0 Å². The molecule has 4 aromatic rings. The maximum Gasteiger partial charge on any atom is 0.318 e. The zero-order valence-corrected chi connectivity index (χ0v) is 24.0. The number of halogens is 1. The van der Waals surface area contributed by atoms with Crippen molar-refractivity contribution < 1.29 is 18.7 Å². The first-order valence-corrected chi connectivity index (χ1v) is 14.5. The lowest BCUT2D eigenvalue weighted by Gasteiger charge is -2.37. The number of carbonyl (C=O) groups excluding carboxylic acids is 1. The predicted octanol–water partition coefficient (Wildman–Crippen LogP) is 6.79. The molecule has 4 aromatic carbocycles. The number of likely N-dealkylation sites (tertiary alicyclic amines) is 1. The van der Waals surface area contributed by atoms with E-state index in [1.165, 1.54) is 12.1 Å². The van der Waals surface area contributed by atoms with Gasteiger partial charge in [0.05, 0.1) is 6.54 Å². The molecule has 0 aliphatic carbocycles. The maximum atomic E-state index is 14.3. The molecule has 1 heterocycles. The molecular weight excluding hydrogens is 529 g/mol. The first-order chi connectivity index (χ1) is 20.5. The number of urea groups is 1. The van der Waals surface area contributed by atoms with Gasteiger partial charge in [0.1, 0.15) is 30.5 Å². The smallest absolute Gasteiger partial charge is 0.318 e. The second-order valence-corrected chi connectivity index (χ2v) is 10.8. The summed E-state index contributed by atoms with van der Waals surface area (Å²) in [6, 6.07) is 32.1. The van der Waals surface area contributed by atoms with Crippen LogP contribution >= 0.6 is 0 Å². The fourth-order valence-electron chi connectivity index (χ4n) is 5.11. The van der Waals surface area contributed by atoms with E-state index in [-0.39, 0.29) is 17.9 Å². The summed E-state index contributed by atoms with van der Waals surface area (Å²) < 4.78 is 26.2. The highest BCUT2D eigenvalue weighted by molar-refractivity contribution is 5.74. The molecule has 0 bridgehead atoms. The second kappa shape index (κ2) is 14.5. The van der Waals surface area contributed by atoms with Crippen molar-refractivity contribution in [3.63, 3.8) is 0 Å². The van der Waals surface area contributed by atoms with E-state index in [1.54, 1.807) is 6.07 Å². The molecule has 1 aliphatic heterocycles. The van der Waals surface area contributed by atoms with Gasteiger partial charge in [-0.3, -0.25) is 0 Å². The van der Waals surface area contributed by atoms with Crippen LogP contribution in [-0.4, -0.2) is 42.0 Å². The quantitative estimate of drug-likeness (QED) is 0.217. The molecule has 1 saturated heterocycles. The molecule has 1 N–H and O–H groups in total. The van der Waals surface area contributed by atoms with E-state index < -0.39 is 0 Å². The van der Waals surface area contributed by atoms with Crippen LogP contribution in [0.4, 0.5) is 9.18 Å². The minimum Gasteiger partial charge on any atom is -0.489 e. The molecule has 0 saturated carbocycles. The van der Waals surface area contributed by atoms with Gasteiger partial charge >= 0.3 is 6.03 Å². The van der Waals surface area contributed by atoms with Gasteiger partial charge in [-0.1, -0.05) is 78.9 Å². The van der Waals surface area contributed by atoms with E-state index >= 15 is 0 Å². The average Bonchev–Trinajstić information content (AvgIpc) is 3.03. The predicted molar refractivity (Wildman–Crippen MR) is 163 cm³/mol. The van der Waals surface area contributed by atoms with Crippen molar-refractivity contribution in [2.24, 2.45) is 0 Å². The van der Waals surface area contributed by atoms with Crippen molar-refractivity contribution in [3.05, 3.63) is 131 Å². The number of nitrogens with zero attached hydrogens (tertiary/aromatic N) is 2. The van der Waals surface area contributed by atoms with E-state index in [0.29, 0.717) is 32.1 Å². The van der Waals surface area contributed by atoms with E-state index in [4.69, 9.17) is 9.47 Å². The Morgan fingerprint density at radius 2 is 1.45 bits per heavy atom. The van der Waals surface area contributed by atoms with E-state index in [0.717, 1.165) is 53.9 Å². The van der Waals surface area contributed by atoms with Crippen molar-refractivity contribution >= 4 is 6.03 Å². The Morgan fingerprint density at radius 3 is 2.10 bits per heavy atom. The first kappa shape index (κ1) is 29.1. The molecule has 7 heteroatoms. The van der Waals surface area contributed by atoms with Crippen LogP contribution in [0.5, 0.6) is 11.5 Å². The molecule has 0 atom stereocenters. The Balaban J connectivity index is 1.24. The number of benzene rings is 4. The van der Waals surface area contributed by atoms with Gasteiger partial charge < -0.3 is 24.6 Å². The van der Waals surface area contributed by atoms with Crippen molar-refractivity contribution in [3.8, 4) is 11.5 Å². The minimum atomic E-state index is -0.367. The molecule has 1 fully saturated rings. The molecule has 5 rings (SSSR count). The topological polar surface area (TPSA) is 54.0 Å². The number of amides is 2. The van der Waals surface area contributed by atoms with Crippen LogP contribution in [0.2, 0.25) is 0 Å². The van der Waals surface area contributed by atoms with Crippen LogP contribution in [0, 0.1) is 5.82 Å². The summed E-state index contributed by atoms with van der Waals surface area (Å²) in [7, 11) is 2.10. The van der Waals surface area contributed by atoms with E-state index in [2.05, 4.69) is 17.3 Å². The van der Waals surface area contributed by atoms with Gasteiger partial charge in [0.2, 0.25) is 0 Å². The van der Waals surface area contributed by atoms with Gasteiger partial charge in [-0.15, -0.1) is 0 Å². The Labute approximate surface area is 247 Å². The summed E-state index contributed by atoms with van der Waals surface area (Å²) in [6.07, 6.45) is 1.75. The Morgan fingerprint density at radius 1 is 0.833 bits per heavy atom. The van der Waals surface area contributed by atoms with Crippen LogP contribution in [0.3, 0.4) is 0 Å². The average molecular weight is 568 g/mol. The lowest BCUT2D eigenvalue weighted by molar-refractivity contribution is 0.126. The van der Waals surface area contributed by atoms with E-state index in [9.17, 15) is 9.18 Å². The molecule has 42 heavy (non-hydrogen) atoms. The minimum absolute atomic E-state index is 0.0713. The summed E-state index contributed by atoms with van der Waals surface area (Å²) in [4.78, 5) is 17.8. The lowest BCUT2D eigenvalue weighted by atomic mass is 10.0. The highest BCUT2D eigenvalue weighted by Gasteiger charge is 2.28. The van der Waals surface area contributed by atoms with Gasteiger partial charge in [0.25, 0.3) is 0 Å². The van der Waals surface area contributed by atoms with Crippen LogP contribution in [0.25, 0.3) is 0 Å². The summed E-state index contributed by atoms with van der Waals surface area (Å²) >= 11 is 0. The molecule has 0 aromatic heterocycles. The third-order valence-electron chi connectivity index (χ3n) is 7.61. The summed E-state index contributed by atoms with van der Waals surface area (Å²) in [5, 5.41) is 3.11. The molecule has 0 spiro atoms. The highest BCUT2D eigenvalue weighted by atomic mass is 19.1. The molecule has 6 nitrogen and oxygen atoms in total. The number of hydrogen-bond acceptors (Lipinski definition) is 4. The monoisotopic (exact) mass is 567 g/mol. The van der Waals surface area contributed by atoms with Gasteiger partial charge in [-0.25, -0.2) is 9.18 Å².